The number of fused-ring (bicyclic) bond motifs is 3. The number of pyridine rings is 1. The molecule has 1 aliphatic carbocycles. The van der Waals surface area contributed by atoms with Crippen LogP contribution in [0.25, 0.3) is 10.2 Å². The lowest BCUT2D eigenvalue weighted by atomic mass is 10.1. The molecule has 0 aliphatic heterocycles. The Bertz CT molecular complexity index is 530. The molecule has 1 aliphatic rings. The summed E-state index contributed by atoms with van der Waals surface area (Å²) in [6.45, 7) is 2.02. The molecule has 2 aromatic heterocycles. The van der Waals surface area contributed by atoms with Crippen molar-refractivity contribution >= 4 is 21.6 Å². The second-order valence-electron chi connectivity index (χ2n) is 4.00. The molecule has 0 bridgehead atoms. The average Bonchev–Trinajstić information content (AvgIpc) is 2.75. The number of hydrogen-bond acceptors (Lipinski definition) is 3. The second kappa shape index (κ2) is 3.20. The molecule has 0 fully saturated rings. The maximum atomic E-state index is 5.46. The molecule has 0 amide bonds. The molecule has 0 saturated heterocycles. The topological polar surface area (TPSA) is 22.1 Å². The van der Waals surface area contributed by atoms with Crippen LogP contribution in [0.5, 0.6) is 5.75 Å². The van der Waals surface area contributed by atoms with Gasteiger partial charge < -0.3 is 4.74 Å². The van der Waals surface area contributed by atoms with Gasteiger partial charge in [0.25, 0.3) is 0 Å². The molecular weight excluding hydrogens is 206 g/mol. The molecule has 3 rings (SSSR count). The van der Waals surface area contributed by atoms with E-state index in [9.17, 15) is 0 Å². The number of methoxy groups -OCH3 is 1. The first kappa shape index (κ1) is 9.16. The fourth-order valence-electron chi connectivity index (χ4n) is 2.34. The van der Waals surface area contributed by atoms with Gasteiger partial charge in [-0.3, -0.25) is 0 Å². The summed E-state index contributed by atoms with van der Waals surface area (Å²) in [5, 5.41) is 1.26. The zero-order valence-corrected chi connectivity index (χ0v) is 9.78. The average molecular weight is 219 g/mol. The van der Waals surface area contributed by atoms with Gasteiger partial charge in [-0.2, -0.15) is 0 Å². The van der Waals surface area contributed by atoms with E-state index >= 15 is 0 Å². The maximum Gasteiger partial charge on any atom is 0.131 e. The van der Waals surface area contributed by atoms with Crippen LogP contribution in [0, 0.1) is 6.92 Å². The van der Waals surface area contributed by atoms with Gasteiger partial charge in [-0.15, -0.1) is 11.3 Å². The van der Waals surface area contributed by atoms with Crippen molar-refractivity contribution in [2.24, 2.45) is 0 Å². The Morgan fingerprint density at radius 3 is 3.07 bits per heavy atom. The lowest BCUT2D eigenvalue weighted by molar-refractivity contribution is 0.419. The molecule has 78 valence electrons. The summed E-state index contributed by atoms with van der Waals surface area (Å²) < 4.78 is 5.46. The summed E-state index contributed by atoms with van der Waals surface area (Å²) in [7, 11) is 1.74. The third-order valence-electron chi connectivity index (χ3n) is 2.99. The zero-order valence-electron chi connectivity index (χ0n) is 8.96. The van der Waals surface area contributed by atoms with Gasteiger partial charge in [0.1, 0.15) is 10.6 Å². The molecule has 0 aromatic carbocycles. The molecule has 2 heterocycles. The highest BCUT2D eigenvalue weighted by molar-refractivity contribution is 7.19. The van der Waals surface area contributed by atoms with E-state index in [-0.39, 0.29) is 0 Å². The van der Waals surface area contributed by atoms with Crippen LogP contribution in [0.4, 0.5) is 0 Å². The summed E-state index contributed by atoms with van der Waals surface area (Å²) >= 11 is 1.84. The highest BCUT2D eigenvalue weighted by Gasteiger charge is 2.21. The Morgan fingerprint density at radius 2 is 2.27 bits per heavy atom. The van der Waals surface area contributed by atoms with Gasteiger partial charge in [-0.25, -0.2) is 4.98 Å². The van der Waals surface area contributed by atoms with Gasteiger partial charge in [0.05, 0.1) is 12.5 Å². The molecule has 0 unspecified atom stereocenters. The van der Waals surface area contributed by atoms with E-state index in [4.69, 9.17) is 4.74 Å². The second-order valence-corrected chi connectivity index (χ2v) is 5.09. The van der Waals surface area contributed by atoms with Crippen LogP contribution in [0.15, 0.2) is 6.07 Å². The van der Waals surface area contributed by atoms with E-state index in [1.165, 1.54) is 35.1 Å². The van der Waals surface area contributed by atoms with Gasteiger partial charge >= 0.3 is 0 Å². The lowest BCUT2D eigenvalue weighted by Crippen LogP contribution is -1.89. The SMILES string of the molecule is COc1cc(C)nc2sc3c(c12)CCC3. The Kier molecular flexibility index (Phi) is 1.96. The minimum Gasteiger partial charge on any atom is -0.496 e. The fraction of sp³-hybridized carbons (Fsp3) is 0.417. The Morgan fingerprint density at radius 1 is 1.40 bits per heavy atom. The number of hydrogen-bond donors (Lipinski definition) is 0. The minimum atomic E-state index is 0.997. The van der Waals surface area contributed by atoms with Crippen molar-refractivity contribution in [3.63, 3.8) is 0 Å². The Hall–Kier alpha value is -1.09. The van der Waals surface area contributed by atoms with Gasteiger partial charge in [-0.05, 0) is 31.7 Å². The number of aryl methyl sites for hydroxylation is 3. The minimum absolute atomic E-state index is 0.997. The predicted octanol–water partition coefficient (Wildman–Crippen LogP) is 3.10. The number of aromatic nitrogens is 1. The first-order chi connectivity index (χ1) is 7.29. The summed E-state index contributed by atoms with van der Waals surface area (Å²) in [4.78, 5) is 7.25. The van der Waals surface area contributed by atoms with E-state index in [1.54, 1.807) is 7.11 Å². The van der Waals surface area contributed by atoms with Crippen LogP contribution in [0.1, 0.15) is 22.6 Å². The molecule has 2 nitrogen and oxygen atoms in total. The molecule has 0 N–H and O–H groups in total. The first-order valence-electron chi connectivity index (χ1n) is 5.25. The van der Waals surface area contributed by atoms with Crippen LogP contribution < -0.4 is 4.74 Å². The summed E-state index contributed by atoms with van der Waals surface area (Å²) in [5.41, 5.74) is 2.53. The summed E-state index contributed by atoms with van der Waals surface area (Å²) in [6.07, 6.45) is 3.70. The normalized spacial score (nSPS) is 14.5. The standard InChI is InChI=1S/C12H13NOS/c1-7-6-9(14-2)11-8-4-3-5-10(8)15-12(11)13-7/h6H,3-5H2,1-2H3. The third-order valence-corrected chi connectivity index (χ3v) is 4.17. The molecule has 0 radical (unpaired) electrons. The lowest BCUT2D eigenvalue weighted by Gasteiger charge is -2.04. The van der Waals surface area contributed by atoms with E-state index in [0.29, 0.717) is 0 Å². The van der Waals surface area contributed by atoms with E-state index in [1.807, 2.05) is 24.3 Å². The van der Waals surface area contributed by atoms with Crippen LogP contribution >= 0.6 is 11.3 Å². The highest BCUT2D eigenvalue weighted by Crippen LogP contribution is 2.41. The summed E-state index contributed by atoms with van der Waals surface area (Å²) in [6, 6.07) is 2.04. The van der Waals surface area contributed by atoms with Gasteiger partial charge in [0, 0.05) is 16.6 Å². The number of rotatable bonds is 1. The smallest absolute Gasteiger partial charge is 0.131 e. The predicted molar refractivity (Wildman–Crippen MR) is 62.9 cm³/mol. The van der Waals surface area contributed by atoms with E-state index in [0.717, 1.165) is 16.3 Å². The van der Waals surface area contributed by atoms with Gasteiger partial charge in [0.2, 0.25) is 0 Å². The van der Waals surface area contributed by atoms with Crippen LogP contribution in [-0.4, -0.2) is 12.1 Å². The first-order valence-corrected chi connectivity index (χ1v) is 6.07. The molecule has 15 heavy (non-hydrogen) atoms. The largest absolute Gasteiger partial charge is 0.496 e. The van der Waals surface area contributed by atoms with Crippen molar-refractivity contribution in [3.8, 4) is 5.75 Å². The Labute approximate surface area is 92.9 Å². The zero-order chi connectivity index (χ0) is 10.4. The number of thiophene rings is 1. The molecule has 0 spiro atoms. The molecule has 0 atom stereocenters. The van der Waals surface area contributed by atoms with Crippen molar-refractivity contribution in [2.45, 2.75) is 26.2 Å². The molecule has 0 saturated carbocycles. The Balaban J connectivity index is 2.39. The van der Waals surface area contributed by atoms with Crippen molar-refractivity contribution in [1.82, 2.24) is 4.98 Å². The van der Waals surface area contributed by atoms with Crippen LogP contribution in [0.3, 0.4) is 0 Å². The third kappa shape index (κ3) is 1.26. The van der Waals surface area contributed by atoms with E-state index < -0.39 is 0 Å². The molecule has 2 aromatic rings. The fourth-order valence-corrected chi connectivity index (χ4v) is 3.66. The molecular formula is C12H13NOS. The van der Waals surface area contributed by atoms with Gasteiger partial charge in [0.15, 0.2) is 0 Å². The van der Waals surface area contributed by atoms with Crippen LogP contribution in [0.2, 0.25) is 0 Å². The van der Waals surface area contributed by atoms with Crippen molar-refractivity contribution in [2.75, 3.05) is 7.11 Å². The van der Waals surface area contributed by atoms with Crippen molar-refractivity contribution < 1.29 is 4.74 Å². The van der Waals surface area contributed by atoms with Crippen LogP contribution in [-0.2, 0) is 12.8 Å². The number of nitrogens with zero attached hydrogens (tertiary/aromatic N) is 1. The number of ether oxygens (including phenoxy) is 1. The maximum absolute atomic E-state index is 5.46. The quantitative estimate of drug-likeness (QED) is 0.735. The van der Waals surface area contributed by atoms with E-state index in [2.05, 4.69) is 4.98 Å². The highest BCUT2D eigenvalue weighted by atomic mass is 32.1. The van der Waals surface area contributed by atoms with Crippen molar-refractivity contribution in [3.05, 3.63) is 22.2 Å². The van der Waals surface area contributed by atoms with Gasteiger partial charge in [-0.1, -0.05) is 0 Å². The summed E-state index contributed by atoms with van der Waals surface area (Å²) in [5.74, 6) is 0.997. The monoisotopic (exact) mass is 219 g/mol. The molecule has 3 heteroatoms. The van der Waals surface area contributed by atoms with Crippen molar-refractivity contribution in [1.29, 1.82) is 0 Å².